The first-order valence-corrected chi connectivity index (χ1v) is 6.28. The lowest BCUT2D eigenvalue weighted by atomic mass is 9.90. The Labute approximate surface area is 103 Å². The number of piperidine rings is 1. The molecule has 0 amide bonds. The molecule has 0 unspecified atom stereocenters. The smallest absolute Gasteiger partial charge is 0.125 e. The molecule has 1 aliphatic heterocycles. The summed E-state index contributed by atoms with van der Waals surface area (Å²) in [5.41, 5.74) is 2.00. The maximum atomic E-state index is 9.85. The van der Waals surface area contributed by atoms with Crippen molar-refractivity contribution in [2.45, 2.75) is 26.2 Å². The second kappa shape index (κ2) is 5.41. The number of hydrogen-bond acceptors (Lipinski definition) is 3. The van der Waals surface area contributed by atoms with Crippen LogP contribution >= 0.6 is 0 Å². The molecule has 1 fully saturated rings. The van der Waals surface area contributed by atoms with E-state index in [1.54, 1.807) is 7.11 Å². The van der Waals surface area contributed by atoms with Gasteiger partial charge in [-0.15, -0.1) is 0 Å². The normalized spacial score (nSPS) is 17.1. The zero-order valence-electron chi connectivity index (χ0n) is 10.6. The molecule has 0 aromatic heterocycles. The molecule has 1 aromatic carbocycles. The van der Waals surface area contributed by atoms with E-state index in [1.165, 1.54) is 18.4 Å². The van der Waals surface area contributed by atoms with Gasteiger partial charge in [-0.1, -0.05) is 0 Å². The summed E-state index contributed by atoms with van der Waals surface area (Å²) >= 11 is 0. The second-order valence-electron chi connectivity index (χ2n) is 4.84. The van der Waals surface area contributed by atoms with Gasteiger partial charge in [-0.2, -0.15) is 0 Å². The van der Waals surface area contributed by atoms with E-state index in [1.807, 2.05) is 13.0 Å². The van der Waals surface area contributed by atoms with Gasteiger partial charge in [0.15, 0.2) is 0 Å². The van der Waals surface area contributed by atoms with Gasteiger partial charge in [0.05, 0.1) is 7.11 Å². The first-order chi connectivity index (χ1) is 8.20. The molecule has 17 heavy (non-hydrogen) atoms. The van der Waals surface area contributed by atoms with Crippen molar-refractivity contribution in [3.05, 3.63) is 23.3 Å². The minimum atomic E-state index is 0.341. The van der Waals surface area contributed by atoms with Crippen LogP contribution in [0.2, 0.25) is 0 Å². The molecule has 1 saturated heterocycles. The fraction of sp³-hybridized carbons (Fsp3) is 0.571. The maximum absolute atomic E-state index is 9.85. The lowest BCUT2D eigenvalue weighted by Gasteiger charge is -2.23. The van der Waals surface area contributed by atoms with Crippen LogP contribution in [0, 0.1) is 12.8 Å². The first-order valence-electron chi connectivity index (χ1n) is 6.28. The van der Waals surface area contributed by atoms with E-state index in [-0.39, 0.29) is 0 Å². The van der Waals surface area contributed by atoms with Crippen LogP contribution in [0.4, 0.5) is 0 Å². The summed E-state index contributed by atoms with van der Waals surface area (Å²) in [5, 5.41) is 13.2. The minimum Gasteiger partial charge on any atom is -0.508 e. The molecule has 1 aliphatic rings. The van der Waals surface area contributed by atoms with Gasteiger partial charge >= 0.3 is 0 Å². The first kappa shape index (κ1) is 12.2. The van der Waals surface area contributed by atoms with Crippen LogP contribution < -0.4 is 10.1 Å². The highest BCUT2D eigenvalue weighted by atomic mass is 16.5. The van der Waals surface area contributed by atoms with E-state index in [2.05, 4.69) is 11.4 Å². The van der Waals surface area contributed by atoms with Crippen molar-refractivity contribution in [2.24, 2.45) is 5.92 Å². The number of ether oxygens (including phenoxy) is 1. The fourth-order valence-electron chi connectivity index (χ4n) is 2.48. The van der Waals surface area contributed by atoms with Crippen LogP contribution in [0.1, 0.15) is 24.0 Å². The molecule has 0 aliphatic carbocycles. The van der Waals surface area contributed by atoms with Crippen LogP contribution in [0.25, 0.3) is 0 Å². The molecule has 0 spiro atoms. The van der Waals surface area contributed by atoms with Crippen molar-refractivity contribution >= 4 is 0 Å². The van der Waals surface area contributed by atoms with Gasteiger partial charge in [0.25, 0.3) is 0 Å². The zero-order chi connectivity index (χ0) is 12.3. The SMILES string of the molecule is COc1cc(CC2CCNCC2)cc(O)c1C. The Bertz CT molecular complexity index is 384. The number of aromatic hydroxyl groups is 1. The Morgan fingerprint density at radius 2 is 2.06 bits per heavy atom. The quantitative estimate of drug-likeness (QED) is 0.844. The number of benzene rings is 1. The predicted octanol–water partition coefficient (Wildman–Crippen LogP) is 2.25. The maximum Gasteiger partial charge on any atom is 0.125 e. The minimum absolute atomic E-state index is 0.341. The van der Waals surface area contributed by atoms with Gasteiger partial charge in [0.1, 0.15) is 11.5 Å². The summed E-state index contributed by atoms with van der Waals surface area (Å²) in [7, 11) is 1.65. The number of rotatable bonds is 3. The van der Waals surface area contributed by atoms with Crippen LogP contribution in [0.3, 0.4) is 0 Å². The summed E-state index contributed by atoms with van der Waals surface area (Å²) in [6.07, 6.45) is 3.47. The lowest BCUT2D eigenvalue weighted by Crippen LogP contribution is -2.28. The van der Waals surface area contributed by atoms with Crippen molar-refractivity contribution in [3.8, 4) is 11.5 Å². The van der Waals surface area contributed by atoms with Crippen molar-refractivity contribution in [1.82, 2.24) is 5.32 Å². The van der Waals surface area contributed by atoms with Gasteiger partial charge in [0.2, 0.25) is 0 Å². The molecule has 0 bridgehead atoms. The Kier molecular flexibility index (Phi) is 3.89. The largest absolute Gasteiger partial charge is 0.508 e. The van der Waals surface area contributed by atoms with Crippen molar-refractivity contribution in [2.75, 3.05) is 20.2 Å². The molecule has 3 nitrogen and oxygen atoms in total. The van der Waals surface area contributed by atoms with Crippen molar-refractivity contribution < 1.29 is 9.84 Å². The number of nitrogens with one attached hydrogen (secondary N) is 1. The molecule has 0 radical (unpaired) electrons. The molecule has 2 N–H and O–H groups in total. The number of phenolic OH excluding ortho intramolecular Hbond substituents is 1. The molecule has 3 heteroatoms. The van der Waals surface area contributed by atoms with E-state index in [0.717, 1.165) is 36.7 Å². The highest BCUT2D eigenvalue weighted by Crippen LogP contribution is 2.30. The number of phenols is 1. The van der Waals surface area contributed by atoms with Crippen molar-refractivity contribution in [3.63, 3.8) is 0 Å². The average molecular weight is 235 g/mol. The van der Waals surface area contributed by atoms with Crippen LogP contribution in [0.15, 0.2) is 12.1 Å². The second-order valence-corrected chi connectivity index (χ2v) is 4.84. The Hall–Kier alpha value is -1.22. The highest BCUT2D eigenvalue weighted by Gasteiger charge is 2.15. The predicted molar refractivity (Wildman–Crippen MR) is 68.7 cm³/mol. The van der Waals surface area contributed by atoms with E-state index >= 15 is 0 Å². The Morgan fingerprint density at radius 3 is 2.71 bits per heavy atom. The van der Waals surface area contributed by atoms with E-state index in [9.17, 15) is 5.11 Å². The summed E-state index contributed by atoms with van der Waals surface area (Å²) in [6.45, 7) is 4.10. The standard InChI is InChI=1S/C14H21NO2/c1-10-13(16)8-12(9-14(10)17-2)7-11-3-5-15-6-4-11/h8-9,11,15-16H,3-7H2,1-2H3. The average Bonchev–Trinajstić information content (AvgIpc) is 2.35. The van der Waals surface area contributed by atoms with E-state index < -0.39 is 0 Å². The Balaban J connectivity index is 2.12. The van der Waals surface area contributed by atoms with Gasteiger partial charge in [-0.3, -0.25) is 0 Å². The Morgan fingerprint density at radius 1 is 1.35 bits per heavy atom. The summed E-state index contributed by atoms with van der Waals surface area (Å²) < 4.78 is 5.28. The lowest BCUT2D eigenvalue weighted by molar-refractivity contribution is 0.369. The van der Waals surface area contributed by atoms with Gasteiger partial charge in [-0.05, 0) is 62.9 Å². The van der Waals surface area contributed by atoms with E-state index in [4.69, 9.17) is 4.74 Å². The molecular formula is C14H21NO2. The van der Waals surface area contributed by atoms with Gasteiger partial charge < -0.3 is 15.2 Å². The van der Waals surface area contributed by atoms with Gasteiger partial charge in [0, 0.05) is 5.56 Å². The third-order valence-electron chi connectivity index (χ3n) is 3.60. The molecule has 1 aromatic rings. The molecule has 0 saturated carbocycles. The third-order valence-corrected chi connectivity index (χ3v) is 3.60. The molecule has 2 rings (SSSR count). The number of methoxy groups -OCH3 is 1. The molecule has 0 atom stereocenters. The molecule has 1 heterocycles. The van der Waals surface area contributed by atoms with E-state index in [0.29, 0.717) is 5.75 Å². The fourth-order valence-corrected chi connectivity index (χ4v) is 2.48. The molecule has 94 valence electrons. The van der Waals surface area contributed by atoms with Crippen LogP contribution in [0.5, 0.6) is 11.5 Å². The van der Waals surface area contributed by atoms with Crippen LogP contribution in [-0.2, 0) is 6.42 Å². The van der Waals surface area contributed by atoms with Gasteiger partial charge in [-0.25, -0.2) is 0 Å². The zero-order valence-corrected chi connectivity index (χ0v) is 10.6. The monoisotopic (exact) mass is 235 g/mol. The topological polar surface area (TPSA) is 41.5 Å². The molecular weight excluding hydrogens is 214 g/mol. The highest BCUT2D eigenvalue weighted by molar-refractivity contribution is 5.46. The summed E-state index contributed by atoms with van der Waals surface area (Å²) in [5.74, 6) is 1.85. The summed E-state index contributed by atoms with van der Waals surface area (Å²) in [6, 6.07) is 3.93. The van der Waals surface area contributed by atoms with Crippen LogP contribution in [-0.4, -0.2) is 25.3 Å². The third kappa shape index (κ3) is 2.91. The summed E-state index contributed by atoms with van der Waals surface area (Å²) in [4.78, 5) is 0. The van der Waals surface area contributed by atoms with Crippen molar-refractivity contribution in [1.29, 1.82) is 0 Å². The number of hydrogen-bond donors (Lipinski definition) is 2.